The summed E-state index contributed by atoms with van der Waals surface area (Å²) in [5.41, 5.74) is 0.465. The number of amides is 2. The molecular weight excluding hydrogens is 288 g/mol. The lowest BCUT2D eigenvalue weighted by atomic mass is 9.83. The highest BCUT2D eigenvalue weighted by atomic mass is 32.1. The number of hydrogen-bond donors (Lipinski definition) is 2. The van der Waals surface area contributed by atoms with Gasteiger partial charge in [-0.05, 0) is 41.7 Å². The monoisotopic (exact) mass is 310 g/mol. The second-order valence-electron chi connectivity index (χ2n) is 5.62. The van der Waals surface area contributed by atoms with E-state index in [0.717, 1.165) is 12.8 Å². The molecule has 1 saturated heterocycles. The molecule has 1 aliphatic rings. The molecule has 6 heteroatoms. The summed E-state index contributed by atoms with van der Waals surface area (Å²) in [5, 5.41) is 16.4. The Labute approximate surface area is 129 Å². The van der Waals surface area contributed by atoms with E-state index in [1.165, 1.54) is 5.56 Å². The first kappa shape index (κ1) is 15.8. The molecule has 0 spiro atoms. The summed E-state index contributed by atoms with van der Waals surface area (Å²) in [6.07, 6.45) is 2.80. The Morgan fingerprint density at radius 3 is 2.95 bits per heavy atom. The van der Waals surface area contributed by atoms with Crippen molar-refractivity contribution in [3.63, 3.8) is 0 Å². The summed E-state index contributed by atoms with van der Waals surface area (Å²) in [6, 6.07) is 1.90. The van der Waals surface area contributed by atoms with Gasteiger partial charge < -0.3 is 15.3 Å². The van der Waals surface area contributed by atoms with Gasteiger partial charge in [0.2, 0.25) is 0 Å². The molecule has 1 atom stereocenters. The highest BCUT2D eigenvalue weighted by Gasteiger charge is 2.45. The maximum absolute atomic E-state index is 12.1. The zero-order valence-electron chi connectivity index (χ0n) is 12.3. The smallest absolute Gasteiger partial charge is 0.317 e. The van der Waals surface area contributed by atoms with Gasteiger partial charge in [-0.2, -0.15) is 11.3 Å². The maximum atomic E-state index is 12.1. The predicted molar refractivity (Wildman–Crippen MR) is 82.6 cm³/mol. The zero-order chi connectivity index (χ0) is 15.3. The van der Waals surface area contributed by atoms with Crippen LogP contribution in [-0.4, -0.2) is 41.6 Å². The Kier molecular flexibility index (Phi) is 5.22. The Morgan fingerprint density at radius 2 is 2.33 bits per heavy atom. The van der Waals surface area contributed by atoms with Crippen LogP contribution in [0.5, 0.6) is 0 Å². The Balaban J connectivity index is 1.82. The quantitative estimate of drug-likeness (QED) is 0.848. The van der Waals surface area contributed by atoms with Crippen LogP contribution in [0, 0.1) is 5.41 Å². The fourth-order valence-corrected chi connectivity index (χ4v) is 3.57. The van der Waals surface area contributed by atoms with Crippen LogP contribution >= 0.6 is 11.3 Å². The van der Waals surface area contributed by atoms with E-state index in [2.05, 4.69) is 10.7 Å². The number of carboxylic acids is 1. The number of carbonyl (C=O) groups excluding carboxylic acids is 1. The van der Waals surface area contributed by atoms with Gasteiger partial charge >= 0.3 is 12.0 Å². The number of hydrogen-bond acceptors (Lipinski definition) is 3. The van der Waals surface area contributed by atoms with Gasteiger partial charge in [0.1, 0.15) is 0 Å². The number of carbonyl (C=O) groups is 2. The number of likely N-dealkylation sites (tertiary alicyclic amines) is 1. The number of thiophene rings is 1. The van der Waals surface area contributed by atoms with Crippen molar-refractivity contribution in [3.8, 4) is 0 Å². The van der Waals surface area contributed by atoms with Crippen molar-refractivity contribution in [3.05, 3.63) is 22.4 Å². The second-order valence-corrected chi connectivity index (χ2v) is 6.40. The van der Waals surface area contributed by atoms with E-state index in [9.17, 15) is 14.7 Å². The molecule has 0 aromatic carbocycles. The molecule has 0 aliphatic carbocycles. The minimum atomic E-state index is -0.780. The number of nitrogens with zero attached hydrogens (tertiary/aromatic N) is 1. The third-order valence-electron chi connectivity index (χ3n) is 4.09. The van der Waals surface area contributed by atoms with Crippen LogP contribution in [0.4, 0.5) is 4.79 Å². The van der Waals surface area contributed by atoms with E-state index < -0.39 is 11.4 Å². The molecule has 0 bridgehead atoms. The van der Waals surface area contributed by atoms with Gasteiger partial charge in [-0.25, -0.2) is 4.79 Å². The van der Waals surface area contributed by atoms with Crippen molar-refractivity contribution < 1.29 is 14.7 Å². The molecule has 2 N–H and O–H groups in total. The van der Waals surface area contributed by atoms with Gasteiger partial charge in [0.25, 0.3) is 0 Å². The maximum Gasteiger partial charge on any atom is 0.317 e. The van der Waals surface area contributed by atoms with Crippen LogP contribution < -0.4 is 5.32 Å². The Bertz CT molecular complexity index is 489. The number of urea groups is 1. The minimum Gasteiger partial charge on any atom is -0.481 e. The fraction of sp³-hybridized carbons (Fsp3) is 0.600. The van der Waals surface area contributed by atoms with Gasteiger partial charge in [0, 0.05) is 19.6 Å². The predicted octanol–water partition coefficient (Wildman–Crippen LogP) is 2.58. The Morgan fingerprint density at radius 1 is 1.52 bits per heavy atom. The van der Waals surface area contributed by atoms with E-state index in [0.29, 0.717) is 32.5 Å². The highest BCUT2D eigenvalue weighted by molar-refractivity contribution is 7.07. The molecule has 2 rings (SSSR count). The number of nitrogens with one attached hydrogen (secondary N) is 1. The number of aliphatic carboxylic acids is 1. The van der Waals surface area contributed by atoms with E-state index in [-0.39, 0.29) is 6.03 Å². The van der Waals surface area contributed by atoms with Crippen molar-refractivity contribution >= 4 is 23.3 Å². The lowest BCUT2D eigenvalue weighted by Gasteiger charge is -2.24. The molecule has 0 radical (unpaired) electrons. The average molecular weight is 310 g/mol. The third-order valence-corrected chi connectivity index (χ3v) is 4.83. The average Bonchev–Trinajstić information content (AvgIpc) is 3.09. The van der Waals surface area contributed by atoms with E-state index in [1.807, 2.05) is 18.4 Å². The van der Waals surface area contributed by atoms with Crippen molar-refractivity contribution in [2.45, 2.75) is 32.6 Å². The van der Waals surface area contributed by atoms with Crippen molar-refractivity contribution in [2.75, 3.05) is 19.6 Å². The molecular formula is C15H22N2O3S. The van der Waals surface area contributed by atoms with Crippen molar-refractivity contribution in [2.24, 2.45) is 5.41 Å². The summed E-state index contributed by atoms with van der Waals surface area (Å²) in [4.78, 5) is 25.2. The largest absolute Gasteiger partial charge is 0.481 e. The molecule has 1 fully saturated rings. The summed E-state index contributed by atoms with van der Waals surface area (Å²) in [7, 11) is 0. The van der Waals surface area contributed by atoms with E-state index >= 15 is 0 Å². The third kappa shape index (κ3) is 3.75. The first-order chi connectivity index (χ1) is 10.1. The summed E-state index contributed by atoms with van der Waals surface area (Å²) < 4.78 is 0. The molecule has 2 amide bonds. The van der Waals surface area contributed by atoms with Crippen LogP contribution in [0.2, 0.25) is 0 Å². The minimum absolute atomic E-state index is 0.149. The molecule has 0 saturated carbocycles. The molecule has 2 heterocycles. The van der Waals surface area contributed by atoms with Crippen LogP contribution in [0.1, 0.15) is 31.7 Å². The van der Waals surface area contributed by atoms with Gasteiger partial charge in [-0.1, -0.05) is 13.3 Å². The summed E-state index contributed by atoms with van der Waals surface area (Å²) in [5.74, 6) is -0.780. The fourth-order valence-electron chi connectivity index (χ4n) is 2.87. The Hall–Kier alpha value is -1.56. The first-order valence-electron chi connectivity index (χ1n) is 7.34. The second kappa shape index (κ2) is 6.93. The molecule has 21 heavy (non-hydrogen) atoms. The lowest BCUT2D eigenvalue weighted by Crippen LogP contribution is -2.42. The van der Waals surface area contributed by atoms with Crippen molar-refractivity contribution in [1.29, 1.82) is 0 Å². The SMILES string of the molecule is CCCC1(C(=O)O)CCN(C(=O)NCCc2ccsc2)C1. The van der Waals surface area contributed by atoms with Crippen LogP contribution in [0.3, 0.4) is 0 Å². The lowest BCUT2D eigenvalue weighted by molar-refractivity contribution is -0.148. The zero-order valence-corrected chi connectivity index (χ0v) is 13.1. The summed E-state index contributed by atoms with van der Waals surface area (Å²) in [6.45, 7) is 3.41. The topological polar surface area (TPSA) is 69.6 Å². The highest BCUT2D eigenvalue weighted by Crippen LogP contribution is 2.35. The molecule has 1 unspecified atom stereocenters. The van der Waals surface area contributed by atoms with Crippen molar-refractivity contribution in [1.82, 2.24) is 10.2 Å². The molecule has 5 nitrogen and oxygen atoms in total. The number of rotatable bonds is 6. The standard InChI is InChI=1S/C15H22N2O3S/c1-2-5-15(13(18)19)6-8-17(11-15)14(20)16-7-3-12-4-9-21-10-12/h4,9-10H,2-3,5-8,11H2,1H3,(H,16,20)(H,18,19). The normalized spacial score (nSPS) is 21.5. The van der Waals surface area contributed by atoms with Gasteiger partial charge in [0.05, 0.1) is 5.41 Å². The molecule has 116 valence electrons. The van der Waals surface area contributed by atoms with Crippen LogP contribution in [0.25, 0.3) is 0 Å². The molecule has 1 aromatic heterocycles. The van der Waals surface area contributed by atoms with E-state index in [4.69, 9.17) is 0 Å². The van der Waals surface area contributed by atoms with Gasteiger partial charge in [-0.15, -0.1) is 0 Å². The van der Waals surface area contributed by atoms with E-state index in [1.54, 1.807) is 16.2 Å². The summed E-state index contributed by atoms with van der Waals surface area (Å²) >= 11 is 1.64. The first-order valence-corrected chi connectivity index (χ1v) is 8.29. The molecule has 1 aliphatic heterocycles. The van der Waals surface area contributed by atoms with Crippen LogP contribution in [-0.2, 0) is 11.2 Å². The van der Waals surface area contributed by atoms with Crippen LogP contribution in [0.15, 0.2) is 16.8 Å². The van der Waals surface area contributed by atoms with Gasteiger partial charge in [0.15, 0.2) is 0 Å². The molecule has 1 aromatic rings. The van der Waals surface area contributed by atoms with Gasteiger partial charge in [-0.3, -0.25) is 4.79 Å². The number of carboxylic acid groups (broad SMARTS) is 1.